The molecule has 0 amide bonds. The lowest BCUT2D eigenvalue weighted by Gasteiger charge is -2.22. The van der Waals surface area contributed by atoms with Crippen molar-refractivity contribution in [3.63, 3.8) is 0 Å². The molecule has 35 heavy (non-hydrogen) atoms. The van der Waals surface area contributed by atoms with Crippen LogP contribution in [0.3, 0.4) is 0 Å². The maximum absolute atomic E-state index is 13.6. The van der Waals surface area contributed by atoms with Crippen LogP contribution in [0.2, 0.25) is 5.15 Å². The molecule has 1 aliphatic rings. The largest absolute Gasteiger partial charge is 0.330 e. The van der Waals surface area contributed by atoms with Crippen molar-refractivity contribution < 1.29 is 0 Å². The molecular formula is C26H30ClN7O. The van der Waals surface area contributed by atoms with Gasteiger partial charge in [-0.05, 0) is 48.1 Å². The predicted molar refractivity (Wildman–Crippen MR) is 136 cm³/mol. The standard InChI is InChI=1S/C26H30ClN7O/c1-2-3-9-23-24(27)34(20-7-5-4-6-8-20)26(35)33(23)17-18-10-12-19(13-11-18)22-16-28-15-14-21(22)25-29-31-32-30-25/h10-16,20H,2-9,17H2,1H3,(H,29,30,31,32). The van der Waals surface area contributed by atoms with Crippen LogP contribution in [0.25, 0.3) is 22.5 Å². The van der Waals surface area contributed by atoms with Crippen LogP contribution in [-0.4, -0.2) is 34.7 Å². The number of aromatic nitrogens is 7. The zero-order valence-corrected chi connectivity index (χ0v) is 20.7. The SMILES string of the molecule is CCCCc1c(Cl)n(C2CCCCC2)c(=O)n1Cc1ccc(-c2cnccc2-c2nn[nH]n2)cc1. The third kappa shape index (κ3) is 4.80. The Labute approximate surface area is 209 Å². The summed E-state index contributed by atoms with van der Waals surface area (Å²) in [7, 11) is 0. The number of H-pyrrole nitrogens is 1. The quantitative estimate of drug-likeness (QED) is 0.354. The second kappa shape index (κ2) is 10.6. The highest BCUT2D eigenvalue weighted by Crippen LogP contribution is 2.32. The minimum absolute atomic E-state index is 0.0173. The molecule has 0 saturated heterocycles. The van der Waals surface area contributed by atoms with Crippen molar-refractivity contribution in [2.75, 3.05) is 0 Å². The molecule has 8 nitrogen and oxygen atoms in total. The summed E-state index contributed by atoms with van der Waals surface area (Å²) in [6.07, 6.45) is 12.0. The summed E-state index contributed by atoms with van der Waals surface area (Å²) in [4.78, 5) is 17.8. The Morgan fingerprint density at radius 1 is 1.09 bits per heavy atom. The molecule has 182 valence electrons. The van der Waals surface area contributed by atoms with Gasteiger partial charge in [0.2, 0.25) is 5.82 Å². The van der Waals surface area contributed by atoms with Crippen molar-refractivity contribution >= 4 is 11.6 Å². The fourth-order valence-electron chi connectivity index (χ4n) is 5.05. The summed E-state index contributed by atoms with van der Waals surface area (Å²) in [5.74, 6) is 0.525. The maximum Gasteiger partial charge on any atom is 0.330 e. The van der Waals surface area contributed by atoms with Gasteiger partial charge in [0, 0.05) is 29.6 Å². The molecule has 0 atom stereocenters. The fourth-order valence-corrected chi connectivity index (χ4v) is 5.46. The number of nitrogens with zero attached hydrogens (tertiary/aromatic N) is 6. The molecule has 9 heteroatoms. The number of benzene rings is 1. The molecule has 5 rings (SSSR count). The van der Waals surface area contributed by atoms with Crippen molar-refractivity contribution in [3.8, 4) is 22.5 Å². The van der Waals surface area contributed by atoms with E-state index < -0.39 is 0 Å². The molecule has 0 aliphatic heterocycles. The molecule has 1 aromatic carbocycles. The zero-order valence-electron chi connectivity index (χ0n) is 20.0. The molecule has 0 bridgehead atoms. The first-order chi connectivity index (χ1) is 17.2. The Balaban J connectivity index is 1.45. The Morgan fingerprint density at radius 3 is 2.60 bits per heavy atom. The minimum Gasteiger partial charge on any atom is -0.290 e. The molecule has 1 saturated carbocycles. The number of unbranched alkanes of at least 4 members (excludes halogenated alkanes) is 1. The molecule has 3 heterocycles. The van der Waals surface area contributed by atoms with Crippen LogP contribution < -0.4 is 5.69 Å². The fraction of sp³-hybridized carbons (Fsp3) is 0.423. The van der Waals surface area contributed by atoms with E-state index >= 15 is 0 Å². The number of hydrogen-bond acceptors (Lipinski definition) is 5. The number of aromatic amines is 1. The summed E-state index contributed by atoms with van der Waals surface area (Å²) in [5.41, 5.74) is 4.81. The van der Waals surface area contributed by atoms with Gasteiger partial charge in [0.25, 0.3) is 0 Å². The predicted octanol–water partition coefficient (Wildman–Crippen LogP) is 5.44. The summed E-state index contributed by atoms with van der Waals surface area (Å²) in [6, 6.07) is 10.3. The van der Waals surface area contributed by atoms with Crippen molar-refractivity contribution in [2.45, 2.75) is 70.9 Å². The lowest BCUT2D eigenvalue weighted by atomic mass is 9.95. The Kier molecular flexibility index (Phi) is 7.08. The van der Waals surface area contributed by atoms with E-state index in [1.54, 1.807) is 12.4 Å². The lowest BCUT2D eigenvalue weighted by Crippen LogP contribution is -2.29. The van der Waals surface area contributed by atoms with Crippen molar-refractivity contribution in [2.24, 2.45) is 0 Å². The third-order valence-corrected chi connectivity index (χ3v) is 7.33. The van der Waals surface area contributed by atoms with Gasteiger partial charge in [-0.2, -0.15) is 5.21 Å². The first-order valence-electron chi connectivity index (χ1n) is 12.4. The van der Waals surface area contributed by atoms with Gasteiger partial charge in [0.1, 0.15) is 5.15 Å². The van der Waals surface area contributed by atoms with Gasteiger partial charge in [-0.25, -0.2) is 4.79 Å². The molecule has 0 radical (unpaired) electrons. The maximum atomic E-state index is 13.6. The van der Waals surface area contributed by atoms with E-state index in [0.717, 1.165) is 72.9 Å². The Morgan fingerprint density at radius 2 is 1.89 bits per heavy atom. The van der Waals surface area contributed by atoms with Crippen LogP contribution in [0, 0.1) is 0 Å². The van der Waals surface area contributed by atoms with E-state index in [1.807, 2.05) is 27.3 Å². The highest BCUT2D eigenvalue weighted by atomic mass is 35.5. The number of halogens is 1. The van der Waals surface area contributed by atoms with Crippen molar-refractivity contribution in [1.29, 1.82) is 0 Å². The summed E-state index contributed by atoms with van der Waals surface area (Å²) in [5, 5.41) is 15.0. The normalized spacial score (nSPS) is 14.5. The molecule has 1 N–H and O–H groups in total. The monoisotopic (exact) mass is 491 g/mol. The second-order valence-corrected chi connectivity index (χ2v) is 9.58. The zero-order chi connectivity index (χ0) is 24.2. The smallest absolute Gasteiger partial charge is 0.290 e. The van der Waals surface area contributed by atoms with E-state index in [1.165, 1.54) is 6.42 Å². The topological polar surface area (TPSA) is 94.3 Å². The van der Waals surface area contributed by atoms with Crippen LogP contribution >= 0.6 is 11.6 Å². The van der Waals surface area contributed by atoms with Crippen LogP contribution in [0.4, 0.5) is 0 Å². The first-order valence-corrected chi connectivity index (χ1v) is 12.8. The molecule has 1 fully saturated rings. The van der Waals surface area contributed by atoms with E-state index in [0.29, 0.717) is 17.5 Å². The number of rotatable bonds is 8. The van der Waals surface area contributed by atoms with E-state index in [-0.39, 0.29) is 11.7 Å². The molecule has 0 unspecified atom stereocenters. The van der Waals surface area contributed by atoms with Crippen LogP contribution in [0.1, 0.15) is 69.2 Å². The van der Waals surface area contributed by atoms with E-state index in [9.17, 15) is 4.79 Å². The molecule has 0 spiro atoms. The van der Waals surface area contributed by atoms with Gasteiger partial charge in [-0.3, -0.25) is 14.1 Å². The summed E-state index contributed by atoms with van der Waals surface area (Å²) in [6.45, 7) is 2.66. The number of imidazole rings is 1. The third-order valence-electron chi connectivity index (χ3n) is 6.93. The van der Waals surface area contributed by atoms with Crippen molar-refractivity contribution in [3.05, 3.63) is 69.6 Å². The highest BCUT2D eigenvalue weighted by Gasteiger charge is 2.25. The van der Waals surface area contributed by atoms with Gasteiger partial charge >= 0.3 is 5.69 Å². The van der Waals surface area contributed by atoms with Crippen LogP contribution in [0.5, 0.6) is 0 Å². The second-order valence-electron chi connectivity index (χ2n) is 9.23. The Bertz CT molecular complexity index is 1320. The number of tetrazole rings is 1. The first kappa shape index (κ1) is 23.5. The van der Waals surface area contributed by atoms with Gasteiger partial charge in [0.05, 0.1) is 12.2 Å². The molecule has 4 aromatic rings. The summed E-state index contributed by atoms with van der Waals surface area (Å²) >= 11 is 6.86. The molecule has 1 aliphatic carbocycles. The van der Waals surface area contributed by atoms with Crippen LogP contribution in [0.15, 0.2) is 47.5 Å². The lowest BCUT2D eigenvalue weighted by molar-refractivity contribution is 0.344. The molecular weight excluding hydrogens is 462 g/mol. The summed E-state index contributed by atoms with van der Waals surface area (Å²) < 4.78 is 3.75. The molecule has 3 aromatic heterocycles. The average Bonchev–Trinajstić information content (AvgIpc) is 3.51. The van der Waals surface area contributed by atoms with Crippen LogP contribution in [-0.2, 0) is 13.0 Å². The minimum atomic E-state index is 0.0173. The highest BCUT2D eigenvalue weighted by molar-refractivity contribution is 6.30. The van der Waals surface area contributed by atoms with Gasteiger partial charge in [-0.15, -0.1) is 10.2 Å². The average molecular weight is 492 g/mol. The van der Waals surface area contributed by atoms with E-state index in [2.05, 4.69) is 44.7 Å². The number of nitrogens with one attached hydrogen (secondary N) is 1. The van der Waals surface area contributed by atoms with Crippen molar-refractivity contribution in [1.82, 2.24) is 34.7 Å². The van der Waals surface area contributed by atoms with Gasteiger partial charge in [-0.1, -0.05) is 68.5 Å². The van der Waals surface area contributed by atoms with Gasteiger partial charge < -0.3 is 0 Å². The van der Waals surface area contributed by atoms with Gasteiger partial charge in [0.15, 0.2) is 0 Å². The number of pyridine rings is 1. The van der Waals surface area contributed by atoms with E-state index in [4.69, 9.17) is 11.6 Å². The number of hydrogen-bond donors (Lipinski definition) is 1. The Hall–Kier alpha value is -3.26.